The third-order valence-corrected chi connectivity index (χ3v) is 15.7. The Kier molecular flexibility index (Phi) is 24.2. The zero-order valence-electron chi connectivity index (χ0n) is 38.5. The van der Waals surface area contributed by atoms with Gasteiger partial charge in [0.1, 0.15) is 0 Å². The van der Waals surface area contributed by atoms with Crippen molar-refractivity contribution in [3.63, 3.8) is 0 Å². The summed E-state index contributed by atoms with van der Waals surface area (Å²) < 4.78 is 2.83. The van der Waals surface area contributed by atoms with Gasteiger partial charge in [0, 0.05) is 0 Å². The van der Waals surface area contributed by atoms with Crippen LogP contribution >= 0.6 is 0 Å². The van der Waals surface area contributed by atoms with Gasteiger partial charge in [0.25, 0.3) is 0 Å². The van der Waals surface area contributed by atoms with E-state index in [0.29, 0.717) is 0 Å². The maximum absolute atomic E-state index is 2.26. The third kappa shape index (κ3) is 16.9. The van der Waals surface area contributed by atoms with Gasteiger partial charge in [0.15, 0.2) is 0 Å². The molecule has 0 radical (unpaired) electrons. The van der Waals surface area contributed by atoms with Crippen molar-refractivity contribution in [1.29, 1.82) is 0 Å². The molecule has 0 N–H and O–H groups in total. The Bertz CT molecular complexity index is 2100. The minimum atomic E-state index is 0. The van der Waals surface area contributed by atoms with Gasteiger partial charge in [0.05, 0.1) is 0 Å². The van der Waals surface area contributed by atoms with Crippen molar-refractivity contribution in [3.8, 4) is 0 Å². The van der Waals surface area contributed by atoms with E-state index >= 15 is 0 Å². The van der Waals surface area contributed by atoms with E-state index in [2.05, 4.69) is 194 Å². The maximum atomic E-state index is 2.26. The van der Waals surface area contributed by atoms with E-state index in [0.717, 1.165) is 0 Å². The fourth-order valence-electron chi connectivity index (χ4n) is 9.21. The number of rotatable bonds is 4. The molecule has 0 aliphatic heterocycles. The molecule has 0 nitrogen and oxygen atoms in total. The fraction of sp³-hybridized carbons (Fsp3) is 0.258. The van der Waals surface area contributed by atoms with Crippen LogP contribution in [-0.4, -0.2) is 6.41 Å². The summed E-state index contributed by atoms with van der Waals surface area (Å²) in [5.41, 5.74) is 18.1. The van der Waals surface area contributed by atoms with Crippen LogP contribution in [0.2, 0.25) is 0 Å². The van der Waals surface area contributed by atoms with Gasteiger partial charge in [-0.1, -0.05) is 103 Å². The molecule has 4 aliphatic rings. The SMILES string of the molecule is [Cl-].[Cl-].[Zr+2]=[C](c1ccccc1)c1ccccc1.[Zr+2]=[C](c1ccccc1)c1ccccc1.c1cc2c([cH-]1)CCCC2.c1cc2c([cH-]1)CCCC2.c1cc2c([cH-]1)CCCC2.c1cc2c([cH-]1)CCCC2. The van der Waals surface area contributed by atoms with Gasteiger partial charge in [-0.05, 0) is 0 Å². The second-order valence-electron chi connectivity index (χ2n) is 17.3. The van der Waals surface area contributed by atoms with Crippen LogP contribution in [0, 0.1) is 0 Å². The maximum Gasteiger partial charge on any atom is -0.0512 e. The molecule has 0 spiro atoms. The molecule has 0 heterocycles. The summed E-state index contributed by atoms with van der Waals surface area (Å²) >= 11 is 2.92. The number of fused-ring (bicyclic) bond motifs is 4. The van der Waals surface area contributed by atoms with E-state index in [1.54, 1.807) is 44.5 Å². The van der Waals surface area contributed by atoms with Crippen molar-refractivity contribution in [2.45, 2.75) is 103 Å². The number of hydrogen-bond acceptors (Lipinski definition) is 0. The Morgan fingerprint density at radius 3 is 0.667 bits per heavy atom. The quantitative estimate of drug-likeness (QED) is 0.155. The summed E-state index contributed by atoms with van der Waals surface area (Å²) in [6.07, 6.45) is 21.8. The smallest absolute Gasteiger partial charge is 0.0512 e. The normalized spacial score (nSPS) is 13.6. The number of aryl methyl sites for hydroxylation is 8. The molecule has 66 heavy (non-hydrogen) atoms. The van der Waals surface area contributed by atoms with Gasteiger partial charge >= 0.3 is 198 Å². The fourth-order valence-corrected chi connectivity index (χ4v) is 10.8. The Morgan fingerprint density at radius 2 is 0.470 bits per heavy atom. The molecule has 0 aromatic heterocycles. The molecule has 0 atom stereocenters. The van der Waals surface area contributed by atoms with Crippen LogP contribution in [0.25, 0.3) is 0 Å². The molecule has 0 amide bonds. The van der Waals surface area contributed by atoms with E-state index in [9.17, 15) is 0 Å². The molecular formula is C62H64Cl2Zr2-2. The predicted octanol–water partition coefficient (Wildman–Crippen LogP) is 8.75. The van der Waals surface area contributed by atoms with E-state index in [1.807, 2.05) is 0 Å². The summed E-state index contributed by atoms with van der Waals surface area (Å²) in [4.78, 5) is 0. The van der Waals surface area contributed by atoms with Crippen LogP contribution in [0.4, 0.5) is 0 Å². The number of benzene rings is 4. The van der Waals surface area contributed by atoms with Crippen LogP contribution in [0.15, 0.2) is 194 Å². The van der Waals surface area contributed by atoms with Gasteiger partial charge < -0.3 is 24.8 Å². The minimum Gasteiger partial charge on any atom is -0.210 e. The first-order valence-electron chi connectivity index (χ1n) is 23.9. The molecule has 8 aromatic rings. The second-order valence-corrected chi connectivity index (χ2v) is 19.8. The molecule has 8 aromatic carbocycles. The first kappa shape index (κ1) is 53.3. The summed E-state index contributed by atoms with van der Waals surface area (Å²) in [6.45, 7) is 0. The van der Waals surface area contributed by atoms with Crippen LogP contribution in [0.1, 0.15) is 118 Å². The molecule has 0 saturated heterocycles. The van der Waals surface area contributed by atoms with E-state index in [1.165, 1.54) is 180 Å². The molecule has 0 saturated carbocycles. The standard InChI is InChI=1S/2C13H10.4C9H11.2ClH.2Zr/c2*1-3-7-12(8-4-1)11-13-9-5-2-6-10-13;4*1-2-5-9-7-3-6-8(9)4-1;;;;/h2*1-10H;4*3,6-7H,1-2,4-5H2;2*1H;;/q;;4*-1;;;2*+2/p-2. The monoisotopic (exact) mass is 1060 g/mol. The Morgan fingerprint density at radius 1 is 0.273 bits per heavy atom. The van der Waals surface area contributed by atoms with Crippen LogP contribution in [0.5, 0.6) is 0 Å². The van der Waals surface area contributed by atoms with Crippen molar-refractivity contribution < 1.29 is 73.3 Å². The molecule has 4 aliphatic carbocycles. The van der Waals surface area contributed by atoms with E-state index < -0.39 is 0 Å². The third-order valence-electron chi connectivity index (χ3n) is 12.8. The van der Waals surface area contributed by atoms with Crippen molar-refractivity contribution >= 4 is 6.41 Å². The molecule has 4 heteroatoms. The largest absolute Gasteiger partial charge is 0.210 e. The van der Waals surface area contributed by atoms with Crippen molar-refractivity contribution in [3.05, 3.63) is 261 Å². The summed E-state index contributed by atoms with van der Waals surface area (Å²) in [5.74, 6) is 0. The molecule has 0 bridgehead atoms. The first-order valence-corrected chi connectivity index (χ1v) is 26.4. The first-order chi connectivity index (χ1) is 31.6. The Hall–Kier alpha value is -3.63. The van der Waals surface area contributed by atoms with Gasteiger partial charge in [-0.25, -0.2) is 24.3 Å². The van der Waals surface area contributed by atoms with Crippen molar-refractivity contribution in [1.82, 2.24) is 0 Å². The van der Waals surface area contributed by atoms with Crippen LogP contribution < -0.4 is 24.8 Å². The summed E-state index contributed by atoms with van der Waals surface area (Å²) in [5, 5.41) is 0. The average molecular weight is 1060 g/mol. The van der Waals surface area contributed by atoms with E-state index in [-0.39, 0.29) is 24.8 Å². The Labute approximate surface area is 439 Å². The summed E-state index contributed by atoms with van der Waals surface area (Å²) in [6, 6.07) is 69.0. The molecule has 0 unspecified atom stereocenters. The molecule has 336 valence electrons. The predicted molar refractivity (Wildman–Crippen MR) is 267 cm³/mol. The number of halogens is 2. The Balaban J connectivity index is 0.000000149. The molecular weight excluding hydrogens is 998 g/mol. The average Bonchev–Trinajstić information content (AvgIpc) is 4.24. The van der Waals surface area contributed by atoms with Gasteiger partial charge in [-0.2, -0.15) is 93.0 Å². The topological polar surface area (TPSA) is 0 Å². The van der Waals surface area contributed by atoms with Crippen LogP contribution in [-0.2, 0) is 99.8 Å². The van der Waals surface area contributed by atoms with Gasteiger partial charge in [-0.3, -0.25) is 0 Å². The minimum absolute atomic E-state index is 0. The van der Waals surface area contributed by atoms with Gasteiger partial charge in [-0.15, -0.1) is 0 Å². The zero-order valence-corrected chi connectivity index (χ0v) is 45.0. The molecule has 0 fully saturated rings. The van der Waals surface area contributed by atoms with Crippen molar-refractivity contribution in [2.24, 2.45) is 0 Å². The van der Waals surface area contributed by atoms with Gasteiger partial charge in [0.2, 0.25) is 0 Å². The number of hydrogen-bond donors (Lipinski definition) is 0. The van der Waals surface area contributed by atoms with Crippen molar-refractivity contribution in [2.75, 3.05) is 0 Å². The summed E-state index contributed by atoms with van der Waals surface area (Å²) in [7, 11) is 0. The van der Waals surface area contributed by atoms with Crippen LogP contribution in [0.3, 0.4) is 0 Å². The molecule has 12 rings (SSSR count). The zero-order chi connectivity index (χ0) is 44.0. The second kappa shape index (κ2) is 30.0. The van der Waals surface area contributed by atoms with E-state index in [4.69, 9.17) is 0 Å².